The summed E-state index contributed by atoms with van der Waals surface area (Å²) in [5.41, 5.74) is 4.38. The lowest BCUT2D eigenvalue weighted by molar-refractivity contribution is 0.137. The predicted octanol–water partition coefficient (Wildman–Crippen LogP) is 4.79. The Morgan fingerprint density at radius 3 is 2.45 bits per heavy atom. The van der Waals surface area contributed by atoms with Crippen LogP contribution in [0.5, 0.6) is 0 Å². The Labute approximate surface area is 201 Å². The maximum Gasteiger partial charge on any atom is 0.204 e. The summed E-state index contributed by atoms with van der Waals surface area (Å²) < 4.78 is 28.8. The maximum absolute atomic E-state index is 12.2. The zero-order chi connectivity index (χ0) is 23.8. The van der Waals surface area contributed by atoms with E-state index in [-0.39, 0.29) is 17.5 Å². The van der Waals surface area contributed by atoms with Crippen LogP contribution >= 0.6 is 12.2 Å². The molecule has 0 saturated carbocycles. The Bertz CT molecular complexity index is 1290. The highest BCUT2D eigenvalue weighted by molar-refractivity contribution is 7.91. The smallest absolute Gasteiger partial charge is 0.204 e. The lowest BCUT2D eigenvalue weighted by Crippen LogP contribution is -2.40. The van der Waals surface area contributed by atoms with Crippen LogP contribution in [0.25, 0.3) is 17.1 Å². The van der Waals surface area contributed by atoms with Crippen LogP contribution in [0.2, 0.25) is 0 Å². The van der Waals surface area contributed by atoms with Gasteiger partial charge in [-0.1, -0.05) is 50.2 Å². The maximum atomic E-state index is 12.2. The third kappa shape index (κ3) is 5.28. The zero-order valence-corrected chi connectivity index (χ0v) is 21.4. The molecule has 8 heteroatoms. The van der Waals surface area contributed by atoms with Gasteiger partial charge >= 0.3 is 0 Å². The third-order valence-corrected chi connectivity index (χ3v) is 8.40. The van der Waals surface area contributed by atoms with Gasteiger partial charge in [0, 0.05) is 18.2 Å². The standard InChI is InChI=1S/C25H32N4O2S2/c1-18(2)15-27(23-12-13-33(30,31)16-23)17-28-25(32)29(22-11-10-19(3)20(4)14-22)24(26-28)21-8-6-5-7-9-21/h5-11,14,18,23H,12-13,15-17H2,1-4H3. The van der Waals surface area contributed by atoms with E-state index >= 15 is 0 Å². The van der Waals surface area contributed by atoms with Crippen molar-refractivity contribution in [2.75, 3.05) is 18.1 Å². The molecule has 0 N–H and O–H groups in total. The largest absolute Gasteiger partial charge is 0.280 e. The van der Waals surface area contributed by atoms with Gasteiger partial charge in [-0.3, -0.25) is 9.47 Å². The van der Waals surface area contributed by atoms with Crippen molar-refractivity contribution in [3.63, 3.8) is 0 Å². The Morgan fingerprint density at radius 2 is 1.85 bits per heavy atom. The second-order valence-corrected chi connectivity index (χ2v) is 12.0. The van der Waals surface area contributed by atoms with E-state index < -0.39 is 9.84 Å². The average molecular weight is 485 g/mol. The summed E-state index contributed by atoms with van der Waals surface area (Å²) in [5.74, 6) is 1.64. The van der Waals surface area contributed by atoms with Gasteiger partial charge in [-0.05, 0) is 61.7 Å². The first-order valence-electron chi connectivity index (χ1n) is 11.4. The minimum atomic E-state index is -2.98. The van der Waals surface area contributed by atoms with Gasteiger partial charge in [0.15, 0.2) is 15.7 Å². The van der Waals surface area contributed by atoms with Gasteiger partial charge in [-0.25, -0.2) is 13.1 Å². The Morgan fingerprint density at radius 1 is 1.12 bits per heavy atom. The van der Waals surface area contributed by atoms with Crippen LogP contribution in [0.4, 0.5) is 0 Å². The molecule has 1 fully saturated rings. The lowest BCUT2D eigenvalue weighted by atomic mass is 10.1. The molecule has 0 aliphatic carbocycles. The zero-order valence-electron chi connectivity index (χ0n) is 19.7. The second kappa shape index (κ2) is 9.52. The molecule has 0 amide bonds. The van der Waals surface area contributed by atoms with Gasteiger partial charge < -0.3 is 0 Å². The minimum absolute atomic E-state index is 0.00811. The van der Waals surface area contributed by atoms with Gasteiger partial charge in [0.2, 0.25) is 4.77 Å². The van der Waals surface area contributed by atoms with Crippen LogP contribution in [0.3, 0.4) is 0 Å². The van der Waals surface area contributed by atoms with Gasteiger partial charge in [-0.2, -0.15) is 0 Å². The van der Waals surface area contributed by atoms with Crippen molar-refractivity contribution in [2.24, 2.45) is 5.92 Å². The highest BCUT2D eigenvalue weighted by Gasteiger charge is 2.33. The molecule has 1 aromatic heterocycles. The lowest BCUT2D eigenvalue weighted by Gasteiger charge is -2.29. The topological polar surface area (TPSA) is 60.1 Å². The highest BCUT2D eigenvalue weighted by atomic mass is 32.2. The molecule has 0 spiro atoms. The van der Waals surface area contributed by atoms with Gasteiger partial charge in [-0.15, -0.1) is 5.10 Å². The summed E-state index contributed by atoms with van der Waals surface area (Å²) in [5, 5.41) is 4.95. The minimum Gasteiger partial charge on any atom is -0.280 e. The van der Waals surface area contributed by atoms with Crippen LogP contribution in [0.1, 0.15) is 31.4 Å². The fourth-order valence-electron chi connectivity index (χ4n) is 4.40. The van der Waals surface area contributed by atoms with Crippen LogP contribution < -0.4 is 0 Å². The fraction of sp³-hybridized carbons (Fsp3) is 0.440. The number of sulfone groups is 1. The predicted molar refractivity (Wildman–Crippen MR) is 136 cm³/mol. The number of hydrogen-bond acceptors (Lipinski definition) is 5. The molecule has 176 valence electrons. The van der Waals surface area contributed by atoms with Crippen LogP contribution in [-0.4, -0.2) is 51.8 Å². The van der Waals surface area contributed by atoms with E-state index in [1.54, 1.807) is 0 Å². The first-order chi connectivity index (χ1) is 15.6. The second-order valence-electron chi connectivity index (χ2n) is 9.44. The monoisotopic (exact) mass is 484 g/mol. The van der Waals surface area contributed by atoms with Gasteiger partial charge in [0.05, 0.1) is 23.9 Å². The number of aryl methyl sites for hydroxylation is 2. The first-order valence-corrected chi connectivity index (χ1v) is 13.6. The first kappa shape index (κ1) is 23.9. The molecule has 2 heterocycles. The summed E-state index contributed by atoms with van der Waals surface area (Å²) >= 11 is 5.94. The van der Waals surface area contributed by atoms with Crippen molar-refractivity contribution >= 4 is 22.1 Å². The van der Waals surface area contributed by atoms with Gasteiger partial charge in [0.1, 0.15) is 0 Å². The Kier molecular flexibility index (Phi) is 6.88. The normalized spacial score (nSPS) is 17.8. The Balaban J connectivity index is 1.79. The van der Waals surface area contributed by atoms with E-state index in [4.69, 9.17) is 17.3 Å². The van der Waals surface area contributed by atoms with Crippen molar-refractivity contribution < 1.29 is 8.42 Å². The highest BCUT2D eigenvalue weighted by Crippen LogP contribution is 2.25. The Hall–Kier alpha value is -2.29. The molecule has 1 saturated heterocycles. The molecule has 1 atom stereocenters. The molecular formula is C25H32N4O2S2. The van der Waals surface area contributed by atoms with Crippen LogP contribution in [0.15, 0.2) is 48.5 Å². The van der Waals surface area contributed by atoms with E-state index in [0.29, 0.717) is 23.8 Å². The van der Waals surface area contributed by atoms with Crippen molar-refractivity contribution in [3.05, 3.63) is 64.4 Å². The molecule has 1 aliphatic rings. The quantitative estimate of drug-likeness (QED) is 0.451. The van der Waals surface area contributed by atoms with E-state index in [1.807, 2.05) is 39.6 Å². The van der Waals surface area contributed by atoms with Crippen molar-refractivity contribution in [1.29, 1.82) is 0 Å². The number of aromatic nitrogens is 3. The van der Waals surface area contributed by atoms with E-state index in [0.717, 1.165) is 23.6 Å². The summed E-state index contributed by atoms with van der Waals surface area (Å²) in [6, 6.07) is 16.4. The molecule has 2 aromatic carbocycles. The van der Waals surface area contributed by atoms with Crippen molar-refractivity contribution in [1.82, 2.24) is 19.2 Å². The molecular weight excluding hydrogens is 452 g/mol. The fourth-order valence-corrected chi connectivity index (χ4v) is 6.45. The summed E-state index contributed by atoms with van der Waals surface area (Å²) in [4.78, 5) is 2.23. The van der Waals surface area contributed by atoms with Gasteiger partial charge in [0.25, 0.3) is 0 Å². The summed E-state index contributed by atoms with van der Waals surface area (Å²) in [7, 11) is -2.98. The van der Waals surface area contributed by atoms with E-state index in [1.165, 1.54) is 11.1 Å². The number of rotatable bonds is 7. The van der Waals surface area contributed by atoms with Crippen molar-refractivity contribution in [2.45, 2.75) is 46.8 Å². The SMILES string of the molecule is Cc1ccc(-n2c(-c3ccccc3)nn(CN(CC(C)C)C3CCS(=O)(=O)C3)c2=S)cc1C. The van der Waals surface area contributed by atoms with Crippen LogP contribution in [-0.2, 0) is 16.5 Å². The van der Waals surface area contributed by atoms with Crippen LogP contribution in [0, 0.1) is 24.5 Å². The average Bonchev–Trinajstić information content (AvgIpc) is 3.29. The molecule has 1 aliphatic heterocycles. The molecule has 6 nitrogen and oxygen atoms in total. The molecule has 3 aromatic rings. The van der Waals surface area contributed by atoms with E-state index in [9.17, 15) is 8.42 Å². The molecule has 33 heavy (non-hydrogen) atoms. The third-order valence-electron chi connectivity index (χ3n) is 6.26. The number of benzene rings is 2. The molecule has 1 unspecified atom stereocenters. The van der Waals surface area contributed by atoms with E-state index in [2.05, 4.69) is 50.8 Å². The summed E-state index contributed by atoms with van der Waals surface area (Å²) in [6.07, 6.45) is 0.659. The molecule has 0 radical (unpaired) electrons. The molecule has 0 bridgehead atoms. The molecule has 4 rings (SSSR count). The number of nitrogens with zero attached hydrogens (tertiary/aromatic N) is 4. The summed E-state index contributed by atoms with van der Waals surface area (Å²) in [6.45, 7) is 9.75. The number of hydrogen-bond donors (Lipinski definition) is 0. The van der Waals surface area contributed by atoms with Crippen molar-refractivity contribution in [3.8, 4) is 17.1 Å².